The van der Waals surface area contributed by atoms with Crippen LogP contribution in [0.15, 0.2) is 41.7 Å². The second-order valence-corrected chi connectivity index (χ2v) is 8.44. The minimum atomic E-state index is -2.94. The Labute approximate surface area is 182 Å². The zero-order valence-electron chi connectivity index (χ0n) is 17.2. The summed E-state index contributed by atoms with van der Waals surface area (Å²) >= 11 is 0. The summed E-state index contributed by atoms with van der Waals surface area (Å²) in [6, 6.07) is 2.89. The highest BCUT2D eigenvalue weighted by Gasteiger charge is 2.68. The van der Waals surface area contributed by atoms with Crippen molar-refractivity contribution in [1.29, 1.82) is 0 Å². The minimum Gasteiger partial charge on any atom is -0.508 e. The number of phenols is 1. The summed E-state index contributed by atoms with van der Waals surface area (Å²) in [5, 5.41) is 54.7. The van der Waals surface area contributed by atoms with Crippen LogP contribution in [0.2, 0.25) is 0 Å². The Morgan fingerprint density at radius 1 is 1.19 bits per heavy atom. The van der Waals surface area contributed by atoms with Crippen molar-refractivity contribution in [3.8, 4) is 5.75 Å². The lowest BCUT2D eigenvalue weighted by molar-refractivity contribution is -0.166. The number of ketones is 2. The number of hydrogen-bond acceptors (Lipinski definition) is 9. The first kappa shape index (κ1) is 21.8. The molecular formula is C22H22N2O8. The molecule has 0 bridgehead atoms. The van der Waals surface area contributed by atoms with Crippen LogP contribution in [-0.4, -0.2) is 79.7 Å². The number of aliphatic hydroxyl groups excluding tert-OH is 3. The number of primary amides is 1. The summed E-state index contributed by atoms with van der Waals surface area (Å²) in [6.45, 7) is 3.91. The highest BCUT2D eigenvalue weighted by molar-refractivity contribution is 6.25. The highest BCUT2D eigenvalue weighted by atomic mass is 16.4. The molecule has 5 atom stereocenters. The number of carbonyl (C=O) groups excluding carboxylic acids is 3. The average Bonchev–Trinajstić information content (AvgIpc) is 2.70. The minimum absolute atomic E-state index is 0.124. The Morgan fingerprint density at radius 3 is 2.38 bits per heavy atom. The van der Waals surface area contributed by atoms with Gasteiger partial charge in [-0.05, 0) is 31.3 Å². The Bertz CT molecular complexity index is 1180. The standard InChI is InChI=1S/C22H22N2O8/c1-7-8-5-4-6-9(25)11(8)16(26)12-10(7)17(27)14-15(24(2)3)18(28)13(21(23)31)20(30)22(14,32)19(12)29/h4-6,10,14-15,17,25-27,30,32H,1H2,2-3H3,(H2,23,31)/t10-,14+,15+,17+,22+/m1/s1. The largest absolute Gasteiger partial charge is 0.508 e. The van der Waals surface area contributed by atoms with Crippen molar-refractivity contribution in [3.05, 3.63) is 52.8 Å². The van der Waals surface area contributed by atoms with E-state index in [0.717, 1.165) is 0 Å². The van der Waals surface area contributed by atoms with E-state index in [9.17, 15) is 39.9 Å². The number of hydrogen-bond donors (Lipinski definition) is 6. The number of aromatic hydroxyl groups is 1. The quantitative estimate of drug-likeness (QED) is 0.326. The predicted octanol–water partition coefficient (Wildman–Crippen LogP) is -0.594. The lowest BCUT2D eigenvalue weighted by atomic mass is 9.55. The fourth-order valence-corrected chi connectivity index (χ4v) is 5.21. The number of carbonyl (C=O) groups is 3. The molecule has 32 heavy (non-hydrogen) atoms. The molecule has 0 aromatic heterocycles. The molecule has 0 saturated heterocycles. The van der Waals surface area contributed by atoms with E-state index in [-0.39, 0.29) is 22.4 Å². The third-order valence-electron chi connectivity index (χ3n) is 6.61. The van der Waals surface area contributed by atoms with Crippen LogP contribution in [0.5, 0.6) is 5.75 Å². The maximum atomic E-state index is 13.6. The van der Waals surface area contributed by atoms with Gasteiger partial charge in [0, 0.05) is 5.92 Å². The van der Waals surface area contributed by atoms with Crippen LogP contribution in [0, 0.1) is 11.8 Å². The molecule has 1 aromatic rings. The van der Waals surface area contributed by atoms with Gasteiger partial charge in [-0.1, -0.05) is 18.7 Å². The first-order chi connectivity index (χ1) is 14.9. The maximum Gasteiger partial charge on any atom is 0.255 e. The molecule has 0 radical (unpaired) electrons. The van der Waals surface area contributed by atoms with Crippen LogP contribution in [0.3, 0.4) is 0 Å². The van der Waals surface area contributed by atoms with Crippen molar-refractivity contribution in [1.82, 2.24) is 4.90 Å². The van der Waals surface area contributed by atoms with Crippen molar-refractivity contribution in [3.63, 3.8) is 0 Å². The summed E-state index contributed by atoms with van der Waals surface area (Å²) in [7, 11) is 2.88. The molecule has 1 saturated carbocycles. The molecule has 0 spiro atoms. The summed E-state index contributed by atoms with van der Waals surface area (Å²) in [5.74, 6) is -8.78. The molecule has 10 heteroatoms. The Kier molecular flexibility index (Phi) is 4.60. The van der Waals surface area contributed by atoms with E-state index in [1.54, 1.807) is 0 Å². The van der Waals surface area contributed by atoms with Crippen molar-refractivity contribution in [2.45, 2.75) is 17.7 Å². The molecule has 1 aromatic carbocycles. The van der Waals surface area contributed by atoms with E-state index in [0.29, 0.717) is 0 Å². The number of likely N-dealkylation sites (N-methyl/N-ethyl adjacent to an activating group) is 1. The smallest absolute Gasteiger partial charge is 0.255 e. The molecule has 4 rings (SSSR count). The van der Waals surface area contributed by atoms with Crippen LogP contribution in [0.25, 0.3) is 11.3 Å². The molecule has 0 aliphatic heterocycles. The van der Waals surface area contributed by atoms with Crippen LogP contribution in [0.1, 0.15) is 11.1 Å². The summed E-state index contributed by atoms with van der Waals surface area (Å²) in [6.07, 6.45) is -1.69. The SMILES string of the molecule is C=C1c2cccc(O)c2C(O)=C2C(=O)[C@]3(O)C(O)=C(C(N)=O)C(=O)[C@@H](N(C)C)[C@H]3[C@@H](O)[C@H]12. The molecule has 168 valence electrons. The summed E-state index contributed by atoms with van der Waals surface area (Å²) in [5.41, 5.74) is 1.16. The summed E-state index contributed by atoms with van der Waals surface area (Å²) in [4.78, 5) is 39.8. The number of phenolic OH excluding ortho intramolecular Hbond substituents is 1. The van der Waals surface area contributed by atoms with Gasteiger partial charge >= 0.3 is 0 Å². The van der Waals surface area contributed by atoms with Crippen LogP contribution < -0.4 is 5.73 Å². The molecule has 3 aliphatic carbocycles. The lowest BCUT2D eigenvalue weighted by Crippen LogP contribution is -2.70. The second kappa shape index (κ2) is 6.76. The van der Waals surface area contributed by atoms with Gasteiger partial charge in [-0.3, -0.25) is 19.3 Å². The van der Waals surface area contributed by atoms with Crippen LogP contribution in [0.4, 0.5) is 0 Å². The van der Waals surface area contributed by atoms with E-state index in [2.05, 4.69) is 6.58 Å². The molecule has 1 amide bonds. The van der Waals surface area contributed by atoms with E-state index < -0.39 is 69.7 Å². The van der Waals surface area contributed by atoms with E-state index in [1.165, 1.54) is 37.2 Å². The third-order valence-corrected chi connectivity index (χ3v) is 6.61. The number of rotatable bonds is 2. The fourth-order valence-electron chi connectivity index (χ4n) is 5.21. The first-order valence-electron chi connectivity index (χ1n) is 9.71. The zero-order valence-corrected chi connectivity index (χ0v) is 17.2. The first-order valence-corrected chi connectivity index (χ1v) is 9.71. The molecule has 0 unspecified atom stereocenters. The Balaban J connectivity index is 2.08. The fraction of sp³-hybridized carbons (Fsp3) is 0.318. The number of Topliss-reactive ketones (excluding diaryl/α,β-unsaturated/α-hetero) is 2. The second-order valence-electron chi connectivity index (χ2n) is 8.44. The van der Waals surface area contributed by atoms with Gasteiger partial charge in [-0.25, -0.2) is 0 Å². The Morgan fingerprint density at radius 2 is 1.81 bits per heavy atom. The topological polar surface area (TPSA) is 182 Å². The van der Waals surface area contributed by atoms with E-state index in [4.69, 9.17) is 5.73 Å². The van der Waals surface area contributed by atoms with Gasteiger partial charge in [0.25, 0.3) is 5.91 Å². The molecule has 3 aliphatic rings. The molecule has 1 fully saturated rings. The van der Waals surface area contributed by atoms with Gasteiger partial charge in [0.2, 0.25) is 5.78 Å². The van der Waals surface area contributed by atoms with Crippen molar-refractivity contribution < 1.29 is 39.9 Å². The third kappa shape index (κ3) is 2.42. The van der Waals surface area contributed by atoms with Crippen LogP contribution >= 0.6 is 0 Å². The van der Waals surface area contributed by atoms with Crippen molar-refractivity contribution in [2.24, 2.45) is 17.6 Å². The number of aliphatic hydroxyl groups is 4. The Hall–Kier alpha value is -3.47. The van der Waals surface area contributed by atoms with Crippen molar-refractivity contribution >= 4 is 28.8 Å². The number of amides is 1. The van der Waals surface area contributed by atoms with Crippen LogP contribution in [-0.2, 0) is 14.4 Å². The molecule has 0 heterocycles. The molecular weight excluding hydrogens is 420 g/mol. The van der Waals surface area contributed by atoms with Gasteiger partial charge < -0.3 is 31.3 Å². The number of fused-ring (bicyclic) bond motifs is 3. The van der Waals surface area contributed by atoms with Gasteiger partial charge in [0.15, 0.2) is 11.4 Å². The van der Waals surface area contributed by atoms with E-state index >= 15 is 0 Å². The zero-order chi connectivity index (χ0) is 23.9. The van der Waals surface area contributed by atoms with Gasteiger partial charge in [0.05, 0.1) is 29.2 Å². The van der Waals surface area contributed by atoms with Gasteiger partial charge in [0.1, 0.15) is 22.8 Å². The maximum absolute atomic E-state index is 13.6. The monoisotopic (exact) mass is 442 g/mol. The highest BCUT2D eigenvalue weighted by Crippen LogP contribution is 2.55. The number of nitrogens with two attached hydrogens (primary N) is 1. The lowest BCUT2D eigenvalue weighted by Gasteiger charge is -2.52. The van der Waals surface area contributed by atoms with Gasteiger partial charge in [-0.2, -0.15) is 0 Å². The number of benzene rings is 1. The van der Waals surface area contributed by atoms with Crippen molar-refractivity contribution in [2.75, 3.05) is 14.1 Å². The molecule has 10 nitrogen and oxygen atoms in total. The normalized spacial score (nSPS) is 32.1. The predicted molar refractivity (Wildman–Crippen MR) is 111 cm³/mol. The summed E-state index contributed by atoms with van der Waals surface area (Å²) < 4.78 is 0. The number of nitrogens with zero attached hydrogens (tertiary/aromatic N) is 1. The van der Waals surface area contributed by atoms with Gasteiger partial charge in [-0.15, -0.1) is 0 Å². The molecule has 7 N–H and O–H groups in total. The average molecular weight is 442 g/mol. The van der Waals surface area contributed by atoms with E-state index in [1.807, 2.05) is 0 Å².